The van der Waals surface area contributed by atoms with Crippen LogP contribution in [0.4, 0.5) is 0 Å². The SMILES string of the molecule is [3H][Si]([3H])([3H])C1CC=C(C)CC1. The molecule has 46 valence electrons. The molecule has 1 heteroatoms. The molecule has 0 aromatic rings. The van der Waals surface area contributed by atoms with E-state index in [1.54, 1.807) is 0 Å². The first-order chi connectivity index (χ1) is 5.00. The summed E-state index contributed by atoms with van der Waals surface area (Å²) in [6.45, 7) is 2.08. The predicted octanol–water partition coefficient (Wildman–Crippen LogP) is 1.27. The van der Waals surface area contributed by atoms with Gasteiger partial charge in [0.05, 0.1) is 0 Å². The van der Waals surface area contributed by atoms with E-state index in [2.05, 4.69) is 13.0 Å². The summed E-state index contributed by atoms with van der Waals surface area (Å²) in [4.78, 5) is 0. The fourth-order valence-corrected chi connectivity index (χ4v) is 1.23. The van der Waals surface area contributed by atoms with Crippen molar-refractivity contribution < 1.29 is 0 Å². The summed E-state index contributed by atoms with van der Waals surface area (Å²) in [6.07, 6.45) is 4.78. The van der Waals surface area contributed by atoms with Crippen molar-refractivity contribution in [1.29, 1.82) is 3.70 Å². The summed E-state index contributed by atoms with van der Waals surface area (Å²) in [5.41, 5.74) is 1.41. The van der Waals surface area contributed by atoms with Crippen molar-refractivity contribution in [3.8, 4) is 0 Å². The molecule has 0 aromatic heterocycles. The minimum absolute atomic E-state index is 0.0474. The van der Waals surface area contributed by atoms with Crippen molar-refractivity contribution in [3.63, 3.8) is 0 Å². The lowest BCUT2D eigenvalue weighted by molar-refractivity contribution is 0.700. The van der Waals surface area contributed by atoms with E-state index < -0.39 is 10.0 Å². The number of hydrogen-bond donors (Lipinski definition) is 0. The van der Waals surface area contributed by atoms with E-state index in [-0.39, 0.29) is 5.54 Å². The molecule has 0 aliphatic heterocycles. The Bertz CT molecular complexity index is 171. The summed E-state index contributed by atoms with van der Waals surface area (Å²) in [5, 5.41) is 0. The molecule has 1 aliphatic rings. The van der Waals surface area contributed by atoms with Crippen LogP contribution in [0.1, 0.15) is 26.2 Å². The molecule has 1 aliphatic carbocycles. The van der Waals surface area contributed by atoms with Crippen LogP contribution in [0.3, 0.4) is 0 Å². The summed E-state index contributed by atoms with van der Waals surface area (Å²) in [6, 6.07) is 0. The van der Waals surface area contributed by atoms with Crippen LogP contribution in [0.15, 0.2) is 11.6 Å². The van der Waals surface area contributed by atoms with Crippen LogP contribution in [-0.4, -0.2) is 13.7 Å². The maximum Gasteiger partial charge on any atom is 0.00758 e. The second-order valence-electron chi connectivity index (χ2n) is 2.52. The Morgan fingerprint density at radius 1 is 2.00 bits per heavy atom. The lowest BCUT2D eigenvalue weighted by atomic mass is 10.0. The first-order valence-electron chi connectivity index (χ1n) is 4.66. The highest BCUT2D eigenvalue weighted by molar-refractivity contribution is 6.11. The Hall–Kier alpha value is -0.0431. The average Bonchev–Trinajstić information content (AvgIpc) is 1.86. The molecule has 0 saturated heterocycles. The molecule has 0 spiro atoms. The Morgan fingerprint density at radius 2 is 2.88 bits per heavy atom. The summed E-state index contributed by atoms with van der Waals surface area (Å²) in [7, 11) is -3.08. The van der Waals surface area contributed by atoms with E-state index in [4.69, 9.17) is 3.70 Å². The van der Waals surface area contributed by atoms with Gasteiger partial charge in [0.2, 0.25) is 0 Å². The van der Waals surface area contributed by atoms with Gasteiger partial charge in [-0.2, -0.15) is 0 Å². The number of allylic oxidation sites excluding steroid dienone is 2. The van der Waals surface area contributed by atoms with Crippen LogP contribution in [0.25, 0.3) is 0 Å². The van der Waals surface area contributed by atoms with Crippen molar-refractivity contribution in [2.75, 3.05) is 0 Å². The minimum atomic E-state index is -3.08. The van der Waals surface area contributed by atoms with Crippen LogP contribution in [-0.2, 0) is 0 Å². The van der Waals surface area contributed by atoms with Gasteiger partial charge < -0.3 is 0 Å². The highest BCUT2D eigenvalue weighted by Crippen LogP contribution is 2.24. The largest absolute Gasteiger partial charge is 0.0856 e. The lowest BCUT2D eigenvalue weighted by Crippen LogP contribution is -1.97. The quantitative estimate of drug-likeness (QED) is 0.372. The predicted molar refractivity (Wildman–Crippen MR) is 41.3 cm³/mol. The molecule has 1 rings (SSSR count). The van der Waals surface area contributed by atoms with Gasteiger partial charge in [-0.05, 0) is 26.2 Å². The molecule has 8 heavy (non-hydrogen) atoms. The fourth-order valence-electron chi connectivity index (χ4n) is 0.965. The van der Waals surface area contributed by atoms with Gasteiger partial charge in [-0.3, -0.25) is 0 Å². The monoisotopic (exact) mass is 132 g/mol. The second kappa shape index (κ2) is 2.49. The standard InChI is InChI=1S/C7H14Si/c1-6-2-4-7(8)5-3-6/h2,7H,3-5H2,1,8H3/i8T3. The summed E-state index contributed by atoms with van der Waals surface area (Å²) in [5.74, 6) is 0. The van der Waals surface area contributed by atoms with Crippen molar-refractivity contribution in [2.45, 2.75) is 31.7 Å². The molecule has 0 fully saturated rings. The first-order valence-corrected chi connectivity index (χ1v) is 3.73. The van der Waals surface area contributed by atoms with Crippen LogP contribution >= 0.6 is 0 Å². The Morgan fingerprint density at radius 3 is 3.38 bits per heavy atom. The van der Waals surface area contributed by atoms with E-state index in [0.29, 0.717) is 0 Å². The summed E-state index contributed by atoms with van der Waals surface area (Å²) < 4.78 is 22.0. The zero-order chi connectivity index (χ0) is 8.48. The molecule has 0 radical (unpaired) electrons. The van der Waals surface area contributed by atoms with Gasteiger partial charge in [0, 0.05) is 13.7 Å². The minimum Gasteiger partial charge on any atom is -0.0856 e. The van der Waals surface area contributed by atoms with E-state index in [0.717, 1.165) is 19.3 Å². The molecule has 1 atom stereocenters. The normalized spacial score (nSPS) is 36.9. The molecule has 0 amide bonds. The van der Waals surface area contributed by atoms with Gasteiger partial charge in [0.25, 0.3) is 0 Å². The topological polar surface area (TPSA) is 0 Å². The number of hydrogen-bond acceptors (Lipinski definition) is 0. The number of rotatable bonds is 1. The van der Waals surface area contributed by atoms with Gasteiger partial charge >= 0.3 is 0 Å². The molecule has 0 bridgehead atoms. The third-order valence-corrected chi connectivity index (χ3v) is 2.16. The van der Waals surface area contributed by atoms with Gasteiger partial charge in [-0.15, -0.1) is 0 Å². The zero-order valence-electron chi connectivity index (χ0n) is 8.28. The van der Waals surface area contributed by atoms with Crippen LogP contribution in [0.2, 0.25) is 5.54 Å². The smallest absolute Gasteiger partial charge is 0.00758 e. The van der Waals surface area contributed by atoms with Crippen LogP contribution < -0.4 is 0 Å². The third-order valence-electron chi connectivity index (χ3n) is 1.64. The Kier molecular flexibility index (Phi) is 0.998. The van der Waals surface area contributed by atoms with Crippen molar-refractivity contribution in [3.05, 3.63) is 11.6 Å². The van der Waals surface area contributed by atoms with Crippen molar-refractivity contribution in [2.24, 2.45) is 0 Å². The molecule has 1 unspecified atom stereocenters. The zero-order valence-corrected chi connectivity index (χ0v) is 6.28. The van der Waals surface area contributed by atoms with E-state index in [1.807, 2.05) is 0 Å². The molecular weight excluding hydrogens is 112 g/mol. The highest BCUT2D eigenvalue weighted by Gasteiger charge is 2.05. The molecule has 0 N–H and O–H groups in total. The van der Waals surface area contributed by atoms with E-state index in [9.17, 15) is 0 Å². The molecule has 0 saturated carbocycles. The molecule has 0 nitrogen and oxygen atoms in total. The maximum atomic E-state index is 7.34. The van der Waals surface area contributed by atoms with Crippen molar-refractivity contribution >= 4 is 10.0 Å². The van der Waals surface area contributed by atoms with Gasteiger partial charge in [-0.25, -0.2) is 0 Å². The second-order valence-corrected chi connectivity index (χ2v) is 3.34. The Balaban J connectivity index is 2.54. The van der Waals surface area contributed by atoms with Gasteiger partial charge in [0.15, 0.2) is 0 Å². The first kappa shape index (κ1) is 3.21. The van der Waals surface area contributed by atoms with Gasteiger partial charge in [-0.1, -0.05) is 17.2 Å². The Labute approximate surface area is 58.1 Å². The van der Waals surface area contributed by atoms with E-state index >= 15 is 0 Å². The van der Waals surface area contributed by atoms with Gasteiger partial charge in [0.1, 0.15) is 0 Å². The lowest BCUT2D eigenvalue weighted by Gasteiger charge is -2.14. The molecule has 0 aromatic carbocycles. The molecular formula is C7H14Si. The summed E-state index contributed by atoms with van der Waals surface area (Å²) >= 11 is 0. The van der Waals surface area contributed by atoms with Crippen LogP contribution in [0, 0.1) is 0 Å². The highest BCUT2D eigenvalue weighted by atomic mass is 28.1. The third kappa shape index (κ3) is 1.48. The van der Waals surface area contributed by atoms with Crippen LogP contribution in [0.5, 0.6) is 0 Å². The molecule has 0 heterocycles. The maximum absolute atomic E-state index is 7.34. The van der Waals surface area contributed by atoms with E-state index in [1.165, 1.54) is 5.57 Å². The van der Waals surface area contributed by atoms with Crippen molar-refractivity contribution in [1.82, 2.24) is 0 Å². The average molecular weight is 132 g/mol. The fraction of sp³-hybridized carbons (Fsp3) is 0.714.